The minimum absolute atomic E-state index is 0.0386. The van der Waals surface area contributed by atoms with Gasteiger partial charge in [-0.2, -0.15) is 10.3 Å². The van der Waals surface area contributed by atoms with Crippen molar-refractivity contribution in [2.45, 2.75) is 4.90 Å². The first-order valence-corrected chi connectivity index (χ1v) is 10.1. The molecule has 4 aromatic rings. The van der Waals surface area contributed by atoms with Crippen LogP contribution in [0.5, 0.6) is 0 Å². The van der Waals surface area contributed by atoms with Crippen LogP contribution in [0, 0.1) is 5.82 Å². The van der Waals surface area contributed by atoms with Crippen LogP contribution in [0.3, 0.4) is 0 Å². The van der Waals surface area contributed by atoms with Crippen molar-refractivity contribution in [3.05, 3.63) is 54.6 Å². The highest BCUT2D eigenvalue weighted by Gasteiger charge is 2.18. The fourth-order valence-corrected chi connectivity index (χ4v) is 3.58. The number of halogens is 1. The van der Waals surface area contributed by atoms with E-state index >= 15 is 0 Å². The summed E-state index contributed by atoms with van der Waals surface area (Å²) < 4.78 is 42.9. The van der Waals surface area contributed by atoms with Crippen molar-refractivity contribution >= 4 is 15.8 Å². The quantitative estimate of drug-likeness (QED) is 0.336. The number of benzene rings is 1. The average Bonchev–Trinajstić information content (AvgIpc) is 3.46. The fraction of sp³-hybridized carbons (Fsp3) is 0.125. The molecule has 30 heavy (non-hydrogen) atoms. The highest BCUT2D eigenvalue weighted by molar-refractivity contribution is 7.89. The van der Waals surface area contributed by atoms with Crippen LogP contribution >= 0.6 is 0 Å². The molecule has 0 amide bonds. The van der Waals surface area contributed by atoms with Crippen molar-refractivity contribution in [1.82, 2.24) is 45.3 Å². The molecule has 0 radical (unpaired) electrons. The molecule has 12 nitrogen and oxygen atoms in total. The van der Waals surface area contributed by atoms with Crippen LogP contribution in [0.15, 0.2) is 53.7 Å². The summed E-state index contributed by atoms with van der Waals surface area (Å²) in [5, 5.41) is 28.0. The molecule has 0 saturated heterocycles. The summed E-state index contributed by atoms with van der Waals surface area (Å²) in [5.41, 5.74) is -0.0719. The SMILES string of the molecule is O=S(=O)(NCCNc1ccc(-n2cccn2)nn1)c1ccc(F)c(-c2nn[nH]n2)c1. The number of aromatic amines is 1. The molecule has 0 saturated carbocycles. The Hall–Kier alpha value is -3.78. The lowest BCUT2D eigenvalue weighted by Crippen LogP contribution is -2.29. The van der Waals surface area contributed by atoms with Gasteiger partial charge in [0.25, 0.3) is 0 Å². The van der Waals surface area contributed by atoms with E-state index < -0.39 is 15.8 Å². The van der Waals surface area contributed by atoms with E-state index in [0.29, 0.717) is 11.6 Å². The Morgan fingerprint density at radius 3 is 2.70 bits per heavy atom. The smallest absolute Gasteiger partial charge is 0.240 e. The van der Waals surface area contributed by atoms with Gasteiger partial charge in [-0.1, -0.05) is 0 Å². The summed E-state index contributed by atoms with van der Waals surface area (Å²) in [6, 6.07) is 8.55. The van der Waals surface area contributed by atoms with Gasteiger partial charge >= 0.3 is 0 Å². The molecule has 3 heterocycles. The Bertz CT molecular complexity index is 1210. The molecular formula is C16H15FN10O2S. The number of tetrazole rings is 1. The molecule has 0 fully saturated rings. The molecule has 1 aromatic carbocycles. The predicted molar refractivity (Wildman–Crippen MR) is 102 cm³/mol. The highest BCUT2D eigenvalue weighted by Crippen LogP contribution is 2.22. The van der Waals surface area contributed by atoms with E-state index in [1.54, 1.807) is 35.3 Å². The first-order valence-electron chi connectivity index (χ1n) is 8.63. The van der Waals surface area contributed by atoms with Crippen molar-refractivity contribution in [2.75, 3.05) is 18.4 Å². The third-order valence-corrected chi connectivity index (χ3v) is 5.41. The van der Waals surface area contributed by atoms with Gasteiger partial charge in [0.2, 0.25) is 15.8 Å². The number of anilines is 1. The second-order valence-electron chi connectivity index (χ2n) is 5.93. The van der Waals surface area contributed by atoms with E-state index in [1.165, 1.54) is 0 Å². The second-order valence-corrected chi connectivity index (χ2v) is 7.70. The molecule has 0 aliphatic heterocycles. The van der Waals surface area contributed by atoms with Crippen LogP contribution in [0.1, 0.15) is 0 Å². The van der Waals surface area contributed by atoms with Crippen LogP contribution in [0.25, 0.3) is 17.2 Å². The van der Waals surface area contributed by atoms with E-state index in [0.717, 1.165) is 18.2 Å². The summed E-state index contributed by atoms with van der Waals surface area (Å²) in [4.78, 5) is -0.118. The van der Waals surface area contributed by atoms with E-state index in [-0.39, 0.29) is 29.4 Å². The summed E-state index contributed by atoms with van der Waals surface area (Å²) in [5.74, 6) is 0.337. The van der Waals surface area contributed by atoms with Crippen molar-refractivity contribution in [3.63, 3.8) is 0 Å². The molecule has 4 rings (SSSR count). The molecular weight excluding hydrogens is 415 g/mol. The van der Waals surface area contributed by atoms with E-state index in [1.807, 2.05) is 0 Å². The Labute approximate surface area is 169 Å². The number of hydrogen-bond donors (Lipinski definition) is 3. The monoisotopic (exact) mass is 430 g/mol. The molecule has 0 bridgehead atoms. The number of aromatic nitrogens is 8. The normalized spacial score (nSPS) is 11.5. The third-order valence-electron chi connectivity index (χ3n) is 3.95. The van der Waals surface area contributed by atoms with Gasteiger partial charge in [0.1, 0.15) is 11.6 Å². The standard InChI is InChI=1S/C16H15FN10O2S/c17-13-3-2-11(10-12(13)16-23-25-26-24-16)30(28,29)20-8-7-18-14-4-5-15(22-21-14)27-9-1-6-19-27/h1-6,9-10,20H,7-8H2,(H,18,21)(H,23,24,25,26). The Balaban J connectivity index is 1.35. The topological polar surface area (TPSA) is 156 Å². The lowest BCUT2D eigenvalue weighted by molar-refractivity contribution is 0.582. The fourth-order valence-electron chi connectivity index (χ4n) is 2.52. The van der Waals surface area contributed by atoms with Gasteiger partial charge < -0.3 is 5.32 Å². The maximum absolute atomic E-state index is 14.0. The molecule has 3 aromatic heterocycles. The predicted octanol–water partition coefficient (Wildman–Crippen LogP) is 0.372. The maximum Gasteiger partial charge on any atom is 0.240 e. The summed E-state index contributed by atoms with van der Waals surface area (Å²) in [6.07, 6.45) is 3.37. The largest absolute Gasteiger partial charge is 0.367 e. The molecule has 0 atom stereocenters. The second kappa shape index (κ2) is 8.30. The lowest BCUT2D eigenvalue weighted by Gasteiger charge is -2.09. The van der Waals surface area contributed by atoms with Crippen molar-refractivity contribution < 1.29 is 12.8 Å². The van der Waals surface area contributed by atoms with Crippen molar-refractivity contribution in [2.24, 2.45) is 0 Å². The van der Waals surface area contributed by atoms with Crippen LogP contribution in [-0.4, -0.2) is 62.1 Å². The Morgan fingerprint density at radius 1 is 1.10 bits per heavy atom. The number of sulfonamides is 1. The van der Waals surface area contributed by atoms with Gasteiger partial charge in [0, 0.05) is 25.5 Å². The van der Waals surface area contributed by atoms with Gasteiger partial charge in [0.05, 0.1) is 10.5 Å². The van der Waals surface area contributed by atoms with Gasteiger partial charge in [-0.3, -0.25) is 0 Å². The first-order chi connectivity index (χ1) is 14.5. The average molecular weight is 430 g/mol. The van der Waals surface area contributed by atoms with Crippen molar-refractivity contribution in [3.8, 4) is 17.2 Å². The molecule has 0 unspecified atom stereocenters. The number of rotatable bonds is 8. The molecule has 0 aliphatic rings. The van der Waals surface area contributed by atoms with Gasteiger partial charge in [0.15, 0.2) is 5.82 Å². The number of hydrogen-bond acceptors (Lipinski definition) is 9. The molecule has 154 valence electrons. The summed E-state index contributed by atoms with van der Waals surface area (Å²) in [7, 11) is -3.87. The number of nitrogens with one attached hydrogen (secondary N) is 3. The van der Waals surface area contributed by atoms with Gasteiger partial charge in [-0.15, -0.1) is 20.4 Å². The number of nitrogens with zero attached hydrogens (tertiary/aromatic N) is 7. The molecule has 3 N–H and O–H groups in total. The van der Waals surface area contributed by atoms with Crippen LogP contribution in [0.4, 0.5) is 10.2 Å². The minimum atomic E-state index is -3.87. The van der Waals surface area contributed by atoms with Crippen LogP contribution in [-0.2, 0) is 10.0 Å². The van der Waals surface area contributed by atoms with E-state index in [2.05, 4.69) is 46.0 Å². The van der Waals surface area contributed by atoms with Crippen LogP contribution in [0.2, 0.25) is 0 Å². The minimum Gasteiger partial charge on any atom is -0.367 e. The van der Waals surface area contributed by atoms with Crippen LogP contribution < -0.4 is 10.0 Å². The van der Waals surface area contributed by atoms with E-state index in [4.69, 9.17) is 0 Å². The molecule has 0 aliphatic carbocycles. The Morgan fingerprint density at radius 2 is 2.00 bits per heavy atom. The summed E-state index contributed by atoms with van der Waals surface area (Å²) >= 11 is 0. The third kappa shape index (κ3) is 4.28. The summed E-state index contributed by atoms with van der Waals surface area (Å²) in [6.45, 7) is 0.327. The van der Waals surface area contributed by atoms with Crippen molar-refractivity contribution in [1.29, 1.82) is 0 Å². The zero-order valence-corrected chi connectivity index (χ0v) is 16.1. The van der Waals surface area contributed by atoms with Gasteiger partial charge in [-0.25, -0.2) is 22.2 Å². The zero-order chi connectivity index (χ0) is 21.0. The molecule has 14 heteroatoms. The Kier molecular flexibility index (Phi) is 5.40. The lowest BCUT2D eigenvalue weighted by atomic mass is 10.2. The zero-order valence-electron chi connectivity index (χ0n) is 15.3. The van der Waals surface area contributed by atoms with E-state index in [9.17, 15) is 12.8 Å². The highest BCUT2D eigenvalue weighted by atomic mass is 32.2. The maximum atomic E-state index is 14.0. The first kappa shape index (κ1) is 19.5. The van der Waals surface area contributed by atoms with Gasteiger partial charge in [-0.05, 0) is 41.6 Å². The number of H-pyrrole nitrogens is 1. The molecule has 0 spiro atoms.